The Morgan fingerprint density at radius 2 is 1.97 bits per heavy atom. The maximum atomic E-state index is 12.6. The van der Waals surface area contributed by atoms with Crippen molar-refractivity contribution >= 4 is 38.9 Å². The van der Waals surface area contributed by atoms with E-state index in [1.165, 1.54) is 11.3 Å². The normalized spacial score (nSPS) is 11.5. The van der Waals surface area contributed by atoms with Crippen molar-refractivity contribution in [2.75, 3.05) is 26.1 Å². The van der Waals surface area contributed by atoms with Crippen LogP contribution in [0.3, 0.4) is 0 Å². The summed E-state index contributed by atoms with van der Waals surface area (Å²) in [6.07, 6.45) is 3.24. The van der Waals surface area contributed by atoms with E-state index in [2.05, 4.69) is 10.3 Å². The summed E-state index contributed by atoms with van der Waals surface area (Å²) in [4.78, 5) is 16.9. The van der Waals surface area contributed by atoms with E-state index in [0.717, 1.165) is 33.3 Å². The molecular weight excluding hydrogens is 452 g/mol. The van der Waals surface area contributed by atoms with Gasteiger partial charge in [0.15, 0.2) is 5.13 Å². The minimum Gasteiger partial charge on any atom is -0.497 e. The molecule has 0 saturated carbocycles. The number of thiazole rings is 1. The number of carbonyl (C=O) groups excluding carboxylic acids is 1. The fraction of sp³-hybridized carbons (Fsp3) is 0.231. The average Bonchev–Trinajstić information content (AvgIpc) is 3.43. The number of carbonyl (C=O) groups is 1. The quantitative estimate of drug-likeness (QED) is 0.298. The number of hydrogen-bond acceptors (Lipinski definition) is 7. The number of furan rings is 1. The molecule has 176 valence electrons. The molecule has 0 aliphatic rings. The van der Waals surface area contributed by atoms with Crippen LogP contribution >= 0.6 is 11.3 Å². The van der Waals surface area contributed by atoms with Crippen LogP contribution in [0, 0.1) is 6.92 Å². The minimum absolute atomic E-state index is 0.253. The van der Waals surface area contributed by atoms with E-state index in [4.69, 9.17) is 18.6 Å². The van der Waals surface area contributed by atoms with E-state index < -0.39 is 0 Å². The van der Waals surface area contributed by atoms with Gasteiger partial charge in [-0.2, -0.15) is 0 Å². The van der Waals surface area contributed by atoms with Crippen LogP contribution < -0.4 is 19.5 Å². The number of anilines is 1. The second-order valence-corrected chi connectivity index (χ2v) is 8.46. The topological polar surface area (TPSA) is 82.8 Å². The standard InChI is InChI=1S/C26H26N2O5S/c1-6-32-23-12-24-20(21(13-33-24)19-10-17(30-4)7-8-22(19)31-5)11-18(23)15(2)9-25(29)28-26-27-16(3)14-34-26/h7-14H,6H2,1-5H3,(H,27,28,29)/b15-9+. The number of nitrogens with one attached hydrogen (secondary N) is 1. The molecule has 2 aromatic carbocycles. The Balaban J connectivity index is 1.79. The fourth-order valence-electron chi connectivity index (χ4n) is 3.70. The predicted octanol–water partition coefficient (Wildman–Crippen LogP) is 6.32. The van der Waals surface area contributed by atoms with Crippen molar-refractivity contribution in [3.05, 3.63) is 59.3 Å². The zero-order valence-corrected chi connectivity index (χ0v) is 20.5. The van der Waals surface area contributed by atoms with Gasteiger partial charge in [0.25, 0.3) is 0 Å². The highest BCUT2D eigenvalue weighted by molar-refractivity contribution is 7.13. The summed E-state index contributed by atoms with van der Waals surface area (Å²) in [6.45, 7) is 6.16. The number of benzene rings is 2. The molecule has 0 radical (unpaired) electrons. The van der Waals surface area contributed by atoms with Gasteiger partial charge in [0.2, 0.25) is 5.91 Å². The number of fused-ring (bicyclic) bond motifs is 1. The molecule has 0 fully saturated rings. The fourth-order valence-corrected chi connectivity index (χ4v) is 4.39. The summed E-state index contributed by atoms with van der Waals surface area (Å²) in [5.41, 5.74) is 4.78. The molecule has 1 amide bonds. The molecule has 0 bridgehead atoms. The number of rotatable bonds is 8. The predicted molar refractivity (Wildman–Crippen MR) is 135 cm³/mol. The third-order valence-corrected chi connectivity index (χ3v) is 6.17. The SMILES string of the molecule is CCOc1cc2occ(-c3cc(OC)ccc3OC)c2cc1/C(C)=C/C(=O)Nc1nc(C)cs1. The first-order valence-electron chi connectivity index (χ1n) is 10.8. The van der Waals surface area contributed by atoms with Crippen LogP contribution in [0.1, 0.15) is 25.1 Å². The van der Waals surface area contributed by atoms with E-state index >= 15 is 0 Å². The highest BCUT2D eigenvalue weighted by Gasteiger charge is 2.18. The summed E-state index contributed by atoms with van der Waals surface area (Å²) in [6, 6.07) is 9.44. The maximum absolute atomic E-state index is 12.6. The molecule has 34 heavy (non-hydrogen) atoms. The second-order valence-electron chi connectivity index (χ2n) is 7.60. The summed E-state index contributed by atoms with van der Waals surface area (Å²) in [5.74, 6) is 1.79. The van der Waals surface area contributed by atoms with Crippen molar-refractivity contribution in [1.82, 2.24) is 4.98 Å². The highest BCUT2D eigenvalue weighted by Crippen LogP contribution is 2.41. The maximum Gasteiger partial charge on any atom is 0.250 e. The lowest BCUT2D eigenvalue weighted by Gasteiger charge is -2.12. The number of amides is 1. The lowest BCUT2D eigenvalue weighted by atomic mass is 9.98. The number of aromatic nitrogens is 1. The van der Waals surface area contributed by atoms with Gasteiger partial charge in [0.05, 0.1) is 32.8 Å². The van der Waals surface area contributed by atoms with E-state index in [0.29, 0.717) is 34.6 Å². The summed E-state index contributed by atoms with van der Waals surface area (Å²) in [7, 11) is 3.25. The van der Waals surface area contributed by atoms with Crippen molar-refractivity contribution in [2.24, 2.45) is 0 Å². The minimum atomic E-state index is -0.253. The van der Waals surface area contributed by atoms with Crippen LogP contribution in [0.2, 0.25) is 0 Å². The van der Waals surface area contributed by atoms with Gasteiger partial charge in [-0.05, 0) is 50.6 Å². The molecule has 1 N–H and O–H groups in total. The van der Waals surface area contributed by atoms with Crippen molar-refractivity contribution in [3.8, 4) is 28.4 Å². The van der Waals surface area contributed by atoms with Gasteiger partial charge < -0.3 is 18.6 Å². The molecule has 0 aliphatic heterocycles. The van der Waals surface area contributed by atoms with Gasteiger partial charge in [-0.1, -0.05) is 0 Å². The zero-order chi connectivity index (χ0) is 24.2. The lowest BCUT2D eigenvalue weighted by Crippen LogP contribution is -2.08. The molecular formula is C26H26N2O5S. The molecule has 2 aromatic heterocycles. The monoisotopic (exact) mass is 478 g/mol. The second kappa shape index (κ2) is 10.0. The molecule has 7 nitrogen and oxygen atoms in total. The van der Waals surface area contributed by atoms with Gasteiger partial charge in [-0.15, -0.1) is 11.3 Å². The molecule has 0 spiro atoms. The first-order chi connectivity index (χ1) is 16.4. The van der Waals surface area contributed by atoms with Crippen molar-refractivity contribution in [1.29, 1.82) is 0 Å². The van der Waals surface area contributed by atoms with E-state index in [-0.39, 0.29) is 5.91 Å². The van der Waals surface area contributed by atoms with E-state index in [1.54, 1.807) is 26.6 Å². The largest absolute Gasteiger partial charge is 0.497 e. The number of nitrogens with zero attached hydrogens (tertiary/aromatic N) is 1. The summed E-state index contributed by atoms with van der Waals surface area (Å²) < 4.78 is 22.7. The van der Waals surface area contributed by atoms with Crippen molar-refractivity contribution in [2.45, 2.75) is 20.8 Å². The van der Waals surface area contributed by atoms with Crippen LogP contribution in [0.5, 0.6) is 17.2 Å². The van der Waals surface area contributed by atoms with Gasteiger partial charge in [0.1, 0.15) is 22.8 Å². The smallest absolute Gasteiger partial charge is 0.250 e. The number of hydrogen-bond donors (Lipinski definition) is 1. The molecule has 0 atom stereocenters. The van der Waals surface area contributed by atoms with Crippen LogP contribution in [-0.2, 0) is 4.79 Å². The highest BCUT2D eigenvalue weighted by atomic mass is 32.1. The van der Waals surface area contributed by atoms with Crippen molar-refractivity contribution < 1.29 is 23.4 Å². The molecule has 4 aromatic rings. The van der Waals surface area contributed by atoms with Crippen molar-refractivity contribution in [3.63, 3.8) is 0 Å². The Labute approximate surface area is 202 Å². The number of allylic oxidation sites excluding steroid dienone is 1. The van der Waals surface area contributed by atoms with E-state index in [9.17, 15) is 4.79 Å². The van der Waals surface area contributed by atoms with E-state index in [1.807, 2.05) is 56.5 Å². The molecule has 0 unspecified atom stereocenters. The molecule has 4 rings (SSSR count). The third kappa shape index (κ3) is 4.77. The van der Waals surface area contributed by atoms with Crippen LogP contribution in [0.15, 0.2) is 52.5 Å². The Bertz CT molecular complexity index is 1370. The average molecular weight is 479 g/mol. The Hall–Kier alpha value is -3.78. The molecule has 2 heterocycles. The van der Waals surface area contributed by atoms with Gasteiger partial charge in [0, 0.05) is 39.6 Å². The van der Waals surface area contributed by atoms with Gasteiger partial charge >= 0.3 is 0 Å². The number of ether oxygens (including phenoxy) is 3. The molecule has 0 saturated heterocycles. The first kappa shape index (κ1) is 23.4. The first-order valence-corrected chi connectivity index (χ1v) is 11.6. The van der Waals surface area contributed by atoms with Crippen LogP contribution in [-0.4, -0.2) is 31.7 Å². The molecule has 0 aliphatic carbocycles. The Kier molecular flexibility index (Phi) is 6.88. The van der Waals surface area contributed by atoms with Crippen LogP contribution in [0.25, 0.3) is 27.7 Å². The Morgan fingerprint density at radius 1 is 1.15 bits per heavy atom. The van der Waals surface area contributed by atoms with Crippen LogP contribution in [0.4, 0.5) is 5.13 Å². The third-order valence-electron chi connectivity index (χ3n) is 5.29. The lowest BCUT2D eigenvalue weighted by molar-refractivity contribution is -0.111. The summed E-state index contributed by atoms with van der Waals surface area (Å²) in [5, 5.41) is 6.14. The Morgan fingerprint density at radius 3 is 2.65 bits per heavy atom. The van der Waals surface area contributed by atoms with Gasteiger partial charge in [-0.25, -0.2) is 4.98 Å². The molecule has 8 heteroatoms. The summed E-state index contributed by atoms with van der Waals surface area (Å²) >= 11 is 1.39. The number of methoxy groups -OCH3 is 2. The zero-order valence-electron chi connectivity index (χ0n) is 19.7. The van der Waals surface area contributed by atoms with Gasteiger partial charge in [-0.3, -0.25) is 10.1 Å². The number of aryl methyl sites for hydroxylation is 1.